The number of hydrazine groups is 1. The van der Waals surface area contributed by atoms with Crippen LogP contribution in [0.2, 0.25) is 0 Å². The summed E-state index contributed by atoms with van der Waals surface area (Å²) in [6.07, 6.45) is 0. The number of rotatable bonds is 5. The zero-order valence-corrected chi connectivity index (χ0v) is 8.86. The first kappa shape index (κ1) is 10.7. The fourth-order valence-corrected chi connectivity index (χ4v) is 1.88. The molecule has 0 fully saturated rings. The van der Waals surface area contributed by atoms with Crippen LogP contribution < -0.4 is 11.3 Å². The van der Waals surface area contributed by atoms with E-state index in [2.05, 4.69) is 23.8 Å². The van der Waals surface area contributed by atoms with Gasteiger partial charge in [0.05, 0.1) is 12.6 Å². The molecule has 1 aromatic rings. The second-order valence-electron chi connectivity index (χ2n) is 2.87. The molecule has 74 valence electrons. The Morgan fingerprint density at radius 3 is 2.92 bits per heavy atom. The van der Waals surface area contributed by atoms with Gasteiger partial charge in [-0.1, -0.05) is 0 Å². The molecule has 3 nitrogen and oxygen atoms in total. The third kappa shape index (κ3) is 3.08. The van der Waals surface area contributed by atoms with Crippen molar-refractivity contribution in [2.75, 3.05) is 13.2 Å². The van der Waals surface area contributed by atoms with E-state index in [1.165, 1.54) is 10.4 Å². The van der Waals surface area contributed by atoms with E-state index in [-0.39, 0.29) is 6.04 Å². The Morgan fingerprint density at radius 1 is 1.69 bits per heavy atom. The Hall–Kier alpha value is -0.420. The fraction of sp³-hybridized carbons (Fsp3) is 0.556. The maximum Gasteiger partial charge on any atom is 0.0702 e. The lowest BCUT2D eigenvalue weighted by Crippen LogP contribution is -2.31. The zero-order chi connectivity index (χ0) is 9.68. The number of hydrogen-bond acceptors (Lipinski definition) is 4. The van der Waals surface area contributed by atoms with Gasteiger partial charge in [-0.25, -0.2) is 0 Å². The fourth-order valence-electron chi connectivity index (χ4n) is 1.12. The molecule has 1 unspecified atom stereocenters. The third-order valence-corrected chi connectivity index (χ3v) is 2.72. The summed E-state index contributed by atoms with van der Waals surface area (Å²) in [4.78, 5) is 1.30. The molecular formula is C9H16N2OS. The Balaban J connectivity index is 2.56. The van der Waals surface area contributed by atoms with Crippen LogP contribution in [-0.4, -0.2) is 13.2 Å². The summed E-state index contributed by atoms with van der Waals surface area (Å²) in [5.41, 5.74) is 3.96. The lowest BCUT2D eigenvalue weighted by Gasteiger charge is -2.13. The van der Waals surface area contributed by atoms with Gasteiger partial charge in [0, 0.05) is 11.5 Å². The molecule has 0 aliphatic carbocycles. The molecule has 1 heterocycles. The molecule has 4 heteroatoms. The van der Waals surface area contributed by atoms with E-state index in [0.29, 0.717) is 6.61 Å². The van der Waals surface area contributed by atoms with E-state index in [1.54, 1.807) is 11.3 Å². The van der Waals surface area contributed by atoms with Crippen LogP contribution in [0.5, 0.6) is 0 Å². The van der Waals surface area contributed by atoms with Crippen LogP contribution in [0.25, 0.3) is 0 Å². The number of nitrogens with one attached hydrogen (secondary N) is 1. The van der Waals surface area contributed by atoms with Crippen molar-refractivity contribution in [1.82, 2.24) is 5.43 Å². The number of nitrogens with two attached hydrogens (primary N) is 1. The topological polar surface area (TPSA) is 47.3 Å². The quantitative estimate of drug-likeness (QED) is 0.560. The molecule has 0 aliphatic heterocycles. The van der Waals surface area contributed by atoms with Crippen LogP contribution in [0.1, 0.15) is 23.4 Å². The molecule has 0 spiro atoms. The normalized spacial score (nSPS) is 13.2. The van der Waals surface area contributed by atoms with Crippen molar-refractivity contribution in [3.8, 4) is 0 Å². The summed E-state index contributed by atoms with van der Waals surface area (Å²) in [7, 11) is 0. The lowest BCUT2D eigenvalue weighted by atomic mass is 10.1. The summed E-state index contributed by atoms with van der Waals surface area (Å²) >= 11 is 1.73. The molecular weight excluding hydrogens is 184 g/mol. The Bertz CT molecular complexity index is 250. The van der Waals surface area contributed by atoms with Crippen molar-refractivity contribution in [2.24, 2.45) is 5.84 Å². The van der Waals surface area contributed by atoms with Gasteiger partial charge in [-0.15, -0.1) is 11.3 Å². The Morgan fingerprint density at radius 2 is 2.46 bits per heavy atom. The van der Waals surface area contributed by atoms with Gasteiger partial charge in [-0.05, 0) is 30.9 Å². The standard InChI is InChI=1S/C9H16N2OS/c1-3-12-5-9(11-10)8-4-7(2)13-6-8/h4,6,9,11H,3,5,10H2,1-2H3. The largest absolute Gasteiger partial charge is 0.380 e. The van der Waals surface area contributed by atoms with Crippen LogP contribution in [0.4, 0.5) is 0 Å². The number of hydrogen-bond donors (Lipinski definition) is 2. The average Bonchev–Trinajstić information content (AvgIpc) is 2.54. The smallest absolute Gasteiger partial charge is 0.0702 e. The van der Waals surface area contributed by atoms with Gasteiger partial charge < -0.3 is 4.74 Å². The molecule has 0 aliphatic rings. The number of ether oxygens (including phenoxy) is 1. The summed E-state index contributed by atoms with van der Waals surface area (Å²) in [5, 5.41) is 2.11. The van der Waals surface area contributed by atoms with Crippen LogP contribution in [-0.2, 0) is 4.74 Å². The molecule has 0 bridgehead atoms. The van der Waals surface area contributed by atoms with Gasteiger partial charge in [-0.3, -0.25) is 11.3 Å². The van der Waals surface area contributed by atoms with Gasteiger partial charge in [-0.2, -0.15) is 0 Å². The summed E-state index contributed by atoms with van der Waals surface area (Å²) in [6.45, 7) is 5.42. The summed E-state index contributed by atoms with van der Waals surface area (Å²) in [6, 6.07) is 2.25. The first-order valence-corrected chi connectivity index (χ1v) is 5.24. The van der Waals surface area contributed by atoms with Crippen molar-refractivity contribution in [1.29, 1.82) is 0 Å². The molecule has 13 heavy (non-hydrogen) atoms. The third-order valence-electron chi connectivity index (χ3n) is 1.84. The minimum Gasteiger partial charge on any atom is -0.380 e. The zero-order valence-electron chi connectivity index (χ0n) is 8.04. The van der Waals surface area contributed by atoms with Crippen LogP contribution in [0.3, 0.4) is 0 Å². The van der Waals surface area contributed by atoms with Gasteiger partial charge >= 0.3 is 0 Å². The minimum absolute atomic E-state index is 0.116. The average molecular weight is 200 g/mol. The molecule has 0 saturated heterocycles. The van der Waals surface area contributed by atoms with E-state index in [0.717, 1.165) is 6.61 Å². The summed E-state index contributed by atoms with van der Waals surface area (Å²) in [5.74, 6) is 5.43. The van der Waals surface area contributed by atoms with Crippen molar-refractivity contribution in [3.05, 3.63) is 21.9 Å². The molecule has 0 saturated carbocycles. The van der Waals surface area contributed by atoms with Gasteiger partial charge in [0.1, 0.15) is 0 Å². The second-order valence-corrected chi connectivity index (χ2v) is 3.98. The first-order valence-electron chi connectivity index (χ1n) is 4.36. The van der Waals surface area contributed by atoms with E-state index < -0.39 is 0 Å². The second kappa shape index (κ2) is 5.34. The lowest BCUT2D eigenvalue weighted by molar-refractivity contribution is 0.123. The first-order chi connectivity index (χ1) is 6.27. The van der Waals surface area contributed by atoms with E-state index in [1.807, 2.05) is 6.92 Å². The highest BCUT2D eigenvalue weighted by molar-refractivity contribution is 7.10. The van der Waals surface area contributed by atoms with E-state index in [4.69, 9.17) is 10.6 Å². The Kier molecular flexibility index (Phi) is 4.38. The predicted octanol–water partition coefficient (Wildman–Crippen LogP) is 1.60. The van der Waals surface area contributed by atoms with Crippen molar-refractivity contribution in [3.63, 3.8) is 0 Å². The highest BCUT2D eigenvalue weighted by Crippen LogP contribution is 2.19. The maximum atomic E-state index is 5.43. The maximum absolute atomic E-state index is 5.43. The highest BCUT2D eigenvalue weighted by atomic mass is 32.1. The highest BCUT2D eigenvalue weighted by Gasteiger charge is 2.10. The van der Waals surface area contributed by atoms with Gasteiger partial charge in [0.15, 0.2) is 0 Å². The monoisotopic (exact) mass is 200 g/mol. The molecule has 0 amide bonds. The molecule has 1 aromatic heterocycles. The molecule has 1 rings (SSSR count). The predicted molar refractivity (Wildman–Crippen MR) is 55.6 cm³/mol. The molecule has 0 aromatic carbocycles. The van der Waals surface area contributed by atoms with Crippen molar-refractivity contribution < 1.29 is 4.74 Å². The summed E-state index contributed by atoms with van der Waals surface area (Å²) < 4.78 is 5.31. The molecule has 1 atom stereocenters. The van der Waals surface area contributed by atoms with Crippen molar-refractivity contribution >= 4 is 11.3 Å². The van der Waals surface area contributed by atoms with Crippen molar-refractivity contribution in [2.45, 2.75) is 19.9 Å². The Labute approximate surface area is 82.9 Å². The van der Waals surface area contributed by atoms with Gasteiger partial charge in [0.2, 0.25) is 0 Å². The minimum atomic E-state index is 0.116. The van der Waals surface area contributed by atoms with Gasteiger partial charge in [0.25, 0.3) is 0 Å². The molecule has 3 N–H and O–H groups in total. The SMILES string of the molecule is CCOCC(NN)c1csc(C)c1. The van der Waals surface area contributed by atoms with E-state index in [9.17, 15) is 0 Å². The molecule has 0 radical (unpaired) electrons. The number of thiophene rings is 1. The number of aryl methyl sites for hydroxylation is 1. The van der Waals surface area contributed by atoms with Crippen LogP contribution >= 0.6 is 11.3 Å². The van der Waals surface area contributed by atoms with E-state index >= 15 is 0 Å². The van der Waals surface area contributed by atoms with Crippen LogP contribution in [0.15, 0.2) is 11.4 Å². The van der Waals surface area contributed by atoms with Crippen LogP contribution in [0, 0.1) is 6.92 Å².